The number of aryl methyl sites for hydroxylation is 1. The van der Waals surface area contributed by atoms with Crippen molar-refractivity contribution in [3.05, 3.63) is 81.7 Å². The van der Waals surface area contributed by atoms with E-state index in [1.54, 1.807) is 18.9 Å². The highest BCUT2D eigenvalue weighted by Crippen LogP contribution is 2.34. The first-order chi connectivity index (χ1) is 25.7. The van der Waals surface area contributed by atoms with E-state index in [-0.39, 0.29) is 59.7 Å². The van der Waals surface area contributed by atoms with E-state index in [1.165, 1.54) is 11.2 Å². The van der Waals surface area contributed by atoms with Gasteiger partial charge in [0.25, 0.3) is 11.8 Å². The topological polar surface area (TPSA) is 174 Å². The van der Waals surface area contributed by atoms with Gasteiger partial charge in [-0.3, -0.25) is 19.4 Å². The van der Waals surface area contributed by atoms with E-state index in [0.29, 0.717) is 31.5 Å². The SMILES string of the molecule is C=NCc1ccc2c(c1)OCO2.C=NN(CC(=O)Nc1ccc(C(F)(F)F)cc1Cl)C(=O)/C(=C(/CC)NC)N1CCN(C(=O)c2ncnc(C)c2O)CC1. The minimum Gasteiger partial charge on any atom is -0.504 e. The monoisotopic (exact) mass is 773 g/mol. The molecule has 1 fully saturated rings. The van der Waals surface area contributed by atoms with Gasteiger partial charge in [0.05, 0.1) is 28.5 Å². The normalized spacial score (nSPS) is 13.9. The summed E-state index contributed by atoms with van der Waals surface area (Å²) in [5.74, 6) is -0.596. The average molecular weight is 774 g/mol. The molecule has 0 saturated carbocycles. The summed E-state index contributed by atoms with van der Waals surface area (Å²) >= 11 is 5.93. The molecule has 2 aromatic carbocycles. The smallest absolute Gasteiger partial charge is 0.416 e. The van der Waals surface area contributed by atoms with Crippen LogP contribution in [0.15, 0.2) is 64.2 Å². The number of allylic oxidation sites excluding steroid dienone is 1. The molecule has 19 heteroatoms. The maximum atomic E-state index is 13.7. The van der Waals surface area contributed by atoms with Gasteiger partial charge in [-0.2, -0.15) is 18.3 Å². The van der Waals surface area contributed by atoms with Gasteiger partial charge in [-0.05, 0) is 56.0 Å². The molecule has 3 N–H and O–H groups in total. The number of rotatable bonds is 11. The van der Waals surface area contributed by atoms with Crippen LogP contribution in [0.5, 0.6) is 17.2 Å². The molecule has 2 aliphatic rings. The number of piperazine rings is 1. The van der Waals surface area contributed by atoms with Crippen molar-refractivity contribution in [3.63, 3.8) is 0 Å². The highest BCUT2D eigenvalue weighted by atomic mass is 35.5. The number of hydrazone groups is 1. The Morgan fingerprint density at radius 3 is 2.33 bits per heavy atom. The van der Waals surface area contributed by atoms with Crippen molar-refractivity contribution in [1.82, 2.24) is 30.1 Å². The van der Waals surface area contributed by atoms with Gasteiger partial charge in [0.1, 0.15) is 18.6 Å². The first-order valence-corrected chi connectivity index (χ1v) is 16.8. The molecule has 288 valence electrons. The summed E-state index contributed by atoms with van der Waals surface area (Å²) in [6, 6.07) is 8.25. The Bertz CT molecular complexity index is 1910. The largest absolute Gasteiger partial charge is 0.504 e. The lowest BCUT2D eigenvalue weighted by atomic mass is 10.1. The van der Waals surface area contributed by atoms with E-state index >= 15 is 0 Å². The Balaban J connectivity index is 0.000000453. The molecule has 0 atom stereocenters. The third-order valence-electron chi connectivity index (χ3n) is 8.24. The first-order valence-electron chi connectivity index (χ1n) is 16.4. The fraction of sp³-hybridized carbons (Fsp3) is 0.343. The Labute approximate surface area is 314 Å². The number of fused-ring (bicyclic) bond motifs is 1. The molecule has 15 nitrogen and oxygen atoms in total. The van der Waals surface area contributed by atoms with Crippen LogP contribution in [-0.4, -0.2) is 108 Å². The Kier molecular flexibility index (Phi) is 13.8. The van der Waals surface area contributed by atoms with Crippen LogP contribution in [0.2, 0.25) is 5.02 Å². The number of benzene rings is 2. The third kappa shape index (κ3) is 9.94. The van der Waals surface area contributed by atoms with Crippen LogP contribution >= 0.6 is 11.6 Å². The molecule has 0 spiro atoms. The summed E-state index contributed by atoms with van der Waals surface area (Å²) in [4.78, 5) is 54.2. The molecule has 3 aromatic rings. The minimum atomic E-state index is -4.61. The summed E-state index contributed by atoms with van der Waals surface area (Å²) < 4.78 is 49.2. The number of anilines is 1. The quantitative estimate of drug-likeness (QED) is 0.143. The number of nitrogens with zero attached hydrogens (tertiary/aromatic N) is 7. The first kappa shape index (κ1) is 40.9. The number of amides is 3. The Morgan fingerprint density at radius 2 is 1.72 bits per heavy atom. The number of hydrogen-bond donors (Lipinski definition) is 3. The van der Waals surface area contributed by atoms with Gasteiger partial charge < -0.3 is 35.0 Å². The number of carbonyl (C=O) groups excluding carboxylic acids is 3. The van der Waals surface area contributed by atoms with Crippen molar-refractivity contribution >= 4 is 48.4 Å². The average Bonchev–Trinajstić information content (AvgIpc) is 3.62. The molecule has 3 heterocycles. The molecule has 0 bridgehead atoms. The van der Waals surface area contributed by atoms with E-state index in [2.05, 4.69) is 44.1 Å². The van der Waals surface area contributed by atoms with Gasteiger partial charge in [-0.1, -0.05) is 24.6 Å². The summed E-state index contributed by atoms with van der Waals surface area (Å²) in [6.45, 7) is 11.4. The van der Waals surface area contributed by atoms with Crippen molar-refractivity contribution < 1.29 is 42.1 Å². The number of halogens is 4. The summed E-state index contributed by atoms with van der Waals surface area (Å²) in [6.07, 6.45) is -3.00. The summed E-state index contributed by atoms with van der Waals surface area (Å²) in [5.41, 5.74) is 0.949. The van der Waals surface area contributed by atoms with Crippen molar-refractivity contribution in [2.24, 2.45) is 10.1 Å². The van der Waals surface area contributed by atoms with Gasteiger partial charge >= 0.3 is 6.18 Å². The number of aliphatic imine (C=N–C) groups is 1. The molecular weight excluding hydrogens is 735 g/mol. The van der Waals surface area contributed by atoms with Crippen LogP contribution in [0.25, 0.3) is 0 Å². The molecule has 0 unspecified atom stereocenters. The number of carbonyl (C=O) groups is 3. The van der Waals surface area contributed by atoms with Crippen molar-refractivity contribution in [1.29, 1.82) is 0 Å². The second kappa shape index (κ2) is 18.2. The van der Waals surface area contributed by atoms with E-state index in [0.717, 1.165) is 34.2 Å². The molecule has 1 saturated heterocycles. The van der Waals surface area contributed by atoms with Gasteiger partial charge in [-0.15, -0.1) is 0 Å². The molecular formula is C35H39ClF3N9O6. The van der Waals surface area contributed by atoms with Crippen LogP contribution in [0.4, 0.5) is 18.9 Å². The minimum absolute atomic E-state index is 0.0722. The fourth-order valence-electron chi connectivity index (χ4n) is 5.42. The Hall–Kier alpha value is -5.91. The molecule has 0 aliphatic carbocycles. The number of hydrogen-bond acceptors (Lipinski definition) is 12. The number of aromatic hydroxyl groups is 1. The molecule has 3 amide bonds. The zero-order valence-electron chi connectivity index (χ0n) is 29.7. The third-order valence-corrected chi connectivity index (χ3v) is 8.55. The molecule has 54 heavy (non-hydrogen) atoms. The van der Waals surface area contributed by atoms with Crippen molar-refractivity contribution in [3.8, 4) is 17.2 Å². The number of ether oxygens (including phenoxy) is 2. The van der Waals surface area contributed by atoms with Crippen LogP contribution in [-0.2, 0) is 22.3 Å². The standard InChI is InChI=1S/C26H30ClF3N8O4.C9H9NO2/c1-5-18(31-3)22(36-8-10-37(11-9-36)24(41)21-23(40)15(2)33-14-34-21)25(42)38(32-4)13-20(39)35-19-7-6-16(12-17(19)27)26(28,29)30;1-10-5-7-2-3-8-9(4-7)12-6-11-8/h6-7,12,14,31,40H,4-5,8-11,13H2,1-3H3,(H,35,39);2-4H,1,5-6H2/b22-18+;. The highest BCUT2D eigenvalue weighted by Gasteiger charge is 2.33. The lowest BCUT2D eigenvalue weighted by Gasteiger charge is -2.38. The number of aromatic nitrogens is 2. The molecule has 2 aliphatic heterocycles. The molecule has 5 rings (SSSR count). The van der Waals surface area contributed by atoms with E-state index in [4.69, 9.17) is 21.1 Å². The van der Waals surface area contributed by atoms with Crippen LogP contribution in [0.3, 0.4) is 0 Å². The van der Waals surface area contributed by atoms with E-state index in [9.17, 15) is 32.7 Å². The fourth-order valence-corrected chi connectivity index (χ4v) is 5.65. The second-order valence-electron chi connectivity index (χ2n) is 11.7. The lowest BCUT2D eigenvalue weighted by Crippen LogP contribution is -2.51. The molecule has 0 radical (unpaired) electrons. The van der Waals surface area contributed by atoms with Crippen molar-refractivity contribution in [2.45, 2.75) is 33.0 Å². The summed E-state index contributed by atoms with van der Waals surface area (Å²) in [5, 5.41) is 19.8. The van der Waals surface area contributed by atoms with Gasteiger partial charge in [-0.25, -0.2) is 15.0 Å². The Morgan fingerprint density at radius 1 is 1.04 bits per heavy atom. The lowest BCUT2D eigenvalue weighted by molar-refractivity contribution is -0.137. The predicted molar refractivity (Wildman–Crippen MR) is 194 cm³/mol. The van der Waals surface area contributed by atoms with Crippen LogP contribution in [0.1, 0.15) is 40.7 Å². The van der Waals surface area contributed by atoms with Gasteiger partial charge in [0.2, 0.25) is 12.7 Å². The predicted octanol–water partition coefficient (Wildman–Crippen LogP) is 4.46. The summed E-state index contributed by atoms with van der Waals surface area (Å²) in [7, 11) is 1.64. The molecule has 1 aromatic heterocycles. The van der Waals surface area contributed by atoms with E-state index < -0.39 is 36.0 Å². The maximum absolute atomic E-state index is 13.7. The highest BCUT2D eigenvalue weighted by molar-refractivity contribution is 6.33. The van der Waals surface area contributed by atoms with Crippen LogP contribution in [0, 0.1) is 6.92 Å². The number of alkyl halides is 3. The van der Waals surface area contributed by atoms with Crippen molar-refractivity contribution in [2.75, 3.05) is 51.9 Å². The van der Waals surface area contributed by atoms with Crippen LogP contribution < -0.4 is 20.1 Å². The maximum Gasteiger partial charge on any atom is 0.416 e. The number of nitrogens with one attached hydrogen (secondary N) is 2. The van der Waals surface area contributed by atoms with Gasteiger partial charge in [0, 0.05) is 45.6 Å². The second-order valence-corrected chi connectivity index (χ2v) is 12.1. The van der Waals surface area contributed by atoms with Gasteiger partial charge in [0.15, 0.2) is 22.9 Å². The van der Waals surface area contributed by atoms with E-state index in [1.807, 2.05) is 25.1 Å². The zero-order valence-corrected chi connectivity index (χ0v) is 30.5. The zero-order chi connectivity index (χ0) is 39.6.